The fourth-order valence-corrected chi connectivity index (χ4v) is 2.34. The summed E-state index contributed by atoms with van der Waals surface area (Å²) in [5.41, 5.74) is 3.74. The maximum absolute atomic E-state index is 11.9. The summed E-state index contributed by atoms with van der Waals surface area (Å²) < 4.78 is 0. The van der Waals surface area contributed by atoms with Gasteiger partial charge in [-0.1, -0.05) is 12.1 Å². The van der Waals surface area contributed by atoms with Gasteiger partial charge in [-0.3, -0.25) is 14.6 Å². The molecule has 21 heavy (non-hydrogen) atoms. The van der Waals surface area contributed by atoms with Crippen molar-refractivity contribution in [1.82, 2.24) is 10.3 Å². The number of hydrogen-bond acceptors (Lipinski definition) is 3. The van der Waals surface area contributed by atoms with Crippen molar-refractivity contribution in [2.75, 3.05) is 5.32 Å². The van der Waals surface area contributed by atoms with Gasteiger partial charge in [0.2, 0.25) is 11.8 Å². The fourth-order valence-electron chi connectivity index (χ4n) is 2.34. The molecule has 0 aliphatic carbocycles. The molecular formula is C16H15N3O2. The quantitative estimate of drug-likeness (QED) is 0.890. The monoisotopic (exact) mass is 281 g/mol. The van der Waals surface area contributed by atoms with Gasteiger partial charge in [-0.25, -0.2) is 0 Å². The van der Waals surface area contributed by atoms with Gasteiger partial charge in [0, 0.05) is 24.6 Å². The molecule has 2 N–H and O–H groups in total. The van der Waals surface area contributed by atoms with Gasteiger partial charge in [0.25, 0.3) is 0 Å². The van der Waals surface area contributed by atoms with Crippen molar-refractivity contribution in [2.45, 2.75) is 19.4 Å². The van der Waals surface area contributed by atoms with Gasteiger partial charge >= 0.3 is 0 Å². The number of carbonyl (C=O) groups excluding carboxylic acids is 2. The molecule has 2 heterocycles. The van der Waals surface area contributed by atoms with Crippen LogP contribution in [0.4, 0.5) is 5.69 Å². The molecule has 2 amide bonds. The molecule has 1 aliphatic rings. The van der Waals surface area contributed by atoms with Gasteiger partial charge in [0.05, 0.1) is 12.8 Å². The first-order valence-corrected chi connectivity index (χ1v) is 6.78. The van der Waals surface area contributed by atoms with E-state index in [9.17, 15) is 9.59 Å². The first-order valence-electron chi connectivity index (χ1n) is 6.78. The van der Waals surface area contributed by atoms with Crippen molar-refractivity contribution in [3.05, 3.63) is 59.4 Å². The van der Waals surface area contributed by atoms with Crippen LogP contribution in [-0.4, -0.2) is 16.8 Å². The van der Waals surface area contributed by atoms with Crippen LogP contribution in [0.25, 0.3) is 0 Å². The summed E-state index contributed by atoms with van der Waals surface area (Å²) in [5, 5.41) is 5.65. The summed E-state index contributed by atoms with van der Waals surface area (Å²) in [5.74, 6) is -0.0340. The second-order valence-electron chi connectivity index (χ2n) is 5.03. The van der Waals surface area contributed by atoms with Crippen LogP contribution in [0, 0.1) is 0 Å². The van der Waals surface area contributed by atoms with Crippen molar-refractivity contribution < 1.29 is 9.59 Å². The standard InChI is InChI=1S/C16H15N3O2/c20-15(18-10-11-3-5-17-6-4-11)8-12-1-2-14-13(7-12)9-16(21)19-14/h1-7H,8-10H2,(H,18,20)(H,19,21). The Morgan fingerprint density at radius 2 is 2.00 bits per heavy atom. The van der Waals surface area contributed by atoms with E-state index in [2.05, 4.69) is 15.6 Å². The second kappa shape index (κ2) is 5.75. The number of nitrogens with zero attached hydrogens (tertiary/aromatic N) is 1. The van der Waals surface area contributed by atoms with Crippen LogP contribution >= 0.6 is 0 Å². The molecule has 0 saturated carbocycles. The first-order chi connectivity index (χ1) is 10.2. The summed E-state index contributed by atoms with van der Waals surface area (Å²) in [6, 6.07) is 9.38. The minimum Gasteiger partial charge on any atom is -0.352 e. The Labute approximate surface area is 122 Å². The number of carbonyl (C=O) groups is 2. The van der Waals surface area contributed by atoms with Crippen LogP contribution in [0.2, 0.25) is 0 Å². The van der Waals surface area contributed by atoms with E-state index >= 15 is 0 Å². The van der Waals surface area contributed by atoms with E-state index in [1.54, 1.807) is 12.4 Å². The SMILES string of the molecule is O=C(Cc1ccc2c(c1)CC(=O)N2)NCc1ccncc1. The molecule has 3 rings (SSSR count). The smallest absolute Gasteiger partial charge is 0.228 e. The lowest BCUT2D eigenvalue weighted by atomic mass is 10.1. The zero-order chi connectivity index (χ0) is 14.7. The largest absolute Gasteiger partial charge is 0.352 e. The van der Waals surface area contributed by atoms with Crippen LogP contribution in [0.15, 0.2) is 42.7 Å². The zero-order valence-corrected chi connectivity index (χ0v) is 11.4. The van der Waals surface area contributed by atoms with Crippen molar-refractivity contribution >= 4 is 17.5 Å². The Morgan fingerprint density at radius 1 is 1.19 bits per heavy atom. The molecule has 0 fully saturated rings. The summed E-state index contributed by atoms with van der Waals surface area (Å²) in [6.07, 6.45) is 4.10. The van der Waals surface area contributed by atoms with Gasteiger partial charge in [0.15, 0.2) is 0 Å². The number of nitrogens with one attached hydrogen (secondary N) is 2. The normalized spacial score (nSPS) is 12.7. The topological polar surface area (TPSA) is 71.1 Å². The van der Waals surface area contributed by atoms with E-state index in [-0.39, 0.29) is 11.8 Å². The van der Waals surface area contributed by atoms with Crippen LogP contribution < -0.4 is 10.6 Å². The van der Waals surface area contributed by atoms with E-state index in [1.165, 1.54) is 0 Å². The predicted octanol–water partition coefficient (Wildman–Crippen LogP) is 1.44. The second-order valence-corrected chi connectivity index (χ2v) is 5.03. The number of aromatic nitrogens is 1. The molecule has 1 aliphatic heterocycles. The summed E-state index contributed by atoms with van der Waals surface area (Å²) in [4.78, 5) is 27.2. The Hall–Kier alpha value is -2.69. The molecule has 0 atom stereocenters. The third kappa shape index (κ3) is 3.25. The van der Waals surface area contributed by atoms with Gasteiger partial charge < -0.3 is 10.6 Å². The highest BCUT2D eigenvalue weighted by molar-refractivity contribution is 5.99. The minimum absolute atomic E-state index is 0.00397. The summed E-state index contributed by atoms with van der Waals surface area (Å²) in [6.45, 7) is 0.492. The van der Waals surface area contributed by atoms with Crippen molar-refractivity contribution in [3.8, 4) is 0 Å². The Bertz CT molecular complexity index is 683. The lowest BCUT2D eigenvalue weighted by Gasteiger charge is -2.06. The number of hydrogen-bond donors (Lipinski definition) is 2. The number of amides is 2. The minimum atomic E-state index is -0.0379. The first kappa shape index (κ1) is 13.3. The molecule has 0 saturated heterocycles. The Kier molecular flexibility index (Phi) is 3.64. The van der Waals surface area contributed by atoms with Gasteiger partial charge in [0.1, 0.15) is 0 Å². The van der Waals surface area contributed by atoms with Gasteiger partial charge in [-0.2, -0.15) is 0 Å². The number of benzene rings is 1. The predicted molar refractivity (Wildman–Crippen MR) is 78.6 cm³/mol. The van der Waals surface area contributed by atoms with E-state index in [0.29, 0.717) is 19.4 Å². The maximum atomic E-state index is 11.9. The van der Waals surface area contributed by atoms with Crippen molar-refractivity contribution in [2.24, 2.45) is 0 Å². The van der Waals surface area contributed by atoms with Crippen molar-refractivity contribution in [1.29, 1.82) is 0 Å². The van der Waals surface area contributed by atoms with Crippen LogP contribution in [-0.2, 0) is 29.0 Å². The van der Waals surface area contributed by atoms with Crippen LogP contribution in [0.5, 0.6) is 0 Å². The Balaban J connectivity index is 1.58. The van der Waals surface area contributed by atoms with Crippen molar-refractivity contribution in [3.63, 3.8) is 0 Å². The molecular weight excluding hydrogens is 266 g/mol. The summed E-state index contributed by atoms with van der Waals surface area (Å²) in [7, 11) is 0. The number of rotatable bonds is 4. The number of fused-ring (bicyclic) bond motifs is 1. The lowest BCUT2D eigenvalue weighted by molar-refractivity contribution is -0.120. The number of anilines is 1. The molecule has 106 valence electrons. The Morgan fingerprint density at radius 3 is 2.81 bits per heavy atom. The zero-order valence-electron chi connectivity index (χ0n) is 11.4. The molecule has 0 spiro atoms. The van der Waals surface area contributed by atoms with Crippen LogP contribution in [0.1, 0.15) is 16.7 Å². The number of pyridine rings is 1. The van der Waals surface area contributed by atoms with Gasteiger partial charge in [-0.15, -0.1) is 0 Å². The highest BCUT2D eigenvalue weighted by Gasteiger charge is 2.17. The highest BCUT2D eigenvalue weighted by atomic mass is 16.2. The van der Waals surface area contributed by atoms with E-state index in [0.717, 1.165) is 22.4 Å². The van der Waals surface area contributed by atoms with Crippen LogP contribution in [0.3, 0.4) is 0 Å². The molecule has 1 aromatic carbocycles. The van der Waals surface area contributed by atoms with Gasteiger partial charge in [-0.05, 0) is 34.9 Å². The van der Waals surface area contributed by atoms with E-state index < -0.39 is 0 Å². The third-order valence-electron chi connectivity index (χ3n) is 3.40. The summed E-state index contributed by atoms with van der Waals surface area (Å²) >= 11 is 0. The molecule has 0 unspecified atom stereocenters. The average Bonchev–Trinajstić information content (AvgIpc) is 2.85. The lowest BCUT2D eigenvalue weighted by Crippen LogP contribution is -2.24. The average molecular weight is 281 g/mol. The molecule has 5 heteroatoms. The van der Waals surface area contributed by atoms with E-state index in [1.807, 2.05) is 30.3 Å². The van der Waals surface area contributed by atoms with E-state index in [4.69, 9.17) is 0 Å². The molecule has 1 aromatic heterocycles. The highest BCUT2D eigenvalue weighted by Crippen LogP contribution is 2.23. The molecule has 0 bridgehead atoms. The molecule has 5 nitrogen and oxygen atoms in total. The molecule has 0 radical (unpaired) electrons. The maximum Gasteiger partial charge on any atom is 0.228 e. The third-order valence-corrected chi connectivity index (χ3v) is 3.40. The fraction of sp³-hybridized carbons (Fsp3) is 0.188. The molecule has 2 aromatic rings.